The maximum absolute atomic E-state index is 13.5. The Labute approximate surface area is 181 Å². The normalized spacial score (nSPS) is 15.8. The van der Waals surface area contributed by atoms with E-state index in [2.05, 4.69) is 15.4 Å². The van der Waals surface area contributed by atoms with E-state index in [1.54, 1.807) is 12.1 Å². The third kappa shape index (κ3) is 4.41. The van der Waals surface area contributed by atoms with Crippen LogP contribution in [0, 0.1) is 6.92 Å². The summed E-state index contributed by atoms with van der Waals surface area (Å²) >= 11 is 0. The Balaban J connectivity index is 1.85. The second-order valence-corrected chi connectivity index (χ2v) is 7.02. The van der Waals surface area contributed by atoms with E-state index in [1.807, 2.05) is 0 Å². The molecule has 0 fully saturated rings. The van der Waals surface area contributed by atoms with E-state index in [0.717, 1.165) is 5.43 Å². The number of amides is 2. The molecule has 7 nitrogen and oxygen atoms in total. The molecule has 0 saturated carbocycles. The fraction of sp³-hybridized carbons (Fsp3) is 0.368. The average Bonchev–Trinajstić information content (AvgIpc) is 3.09. The van der Waals surface area contributed by atoms with Crippen LogP contribution in [-0.2, 0) is 11.2 Å². The molecule has 2 N–H and O–H groups in total. The van der Waals surface area contributed by atoms with E-state index in [9.17, 15) is 40.3 Å². The number of aromatic nitrogens is 1. The second-order valence-electron chi connectivity index (χ2n) is 7.02. The number of furan rings is 1. The van der Waals surface area contributed by atoms with Gasteiger partial charge >= 0.3 is 23.9 Å². The Bertz CT molecular complexity index is 1090. The van der Waals surface area contributed by atoms with Gasteiger partial charge in [-0.25, -0.2) is 10.4 Å². The topological polar surface area (TPSA) is 96.6 Å². The fourth-order valence-electron chi connectivity index (χ4n) is 3.12. The van der Waals surface area contributed by atoms with Crippen molar-refractivity contribution in [3.05, 3.63) is 47.0 Å². The molecule has 1 aliphatic carbocycles. The van der Waals surface area contributed by atoms with Crippen molar-refractivity contribution in [2.75, 3.05) is 5.32 Å². The Hall–Kier alpha value is -3.45. The highest BCUT2D eigenvalue weighted by atomic mass is 19.4. The Morgan fingerprint density at radius 2 is 1.79 bits per heavy atom. The van der Waals surface area contributed by atoms with Crippen LogP contribution in [0.1, 0.15) is 40.3 Å². The number of hydrogen-bond acceptors (Lipinski definition) is 5. The zero-order chi connectivity index (χ0) is 24.6. The first-order valence-corrected chi connectivity index (χ1v) is 9.31. The maximum atomic E-state index is 13.5. The van der Waals surface area contributed by atoms with Crippen molar-refractivity contribution in [3.63, 3.8) is 0 Å². The van der Waals surface area contributed by atoms with E-state index in [4.69, 9.17) is 4.42 Å². The molecular weight excluding hydrogens is 465 g/mol. The van der Waals surface area contributed by atoms with Crippen molar-refractivity contribution in [2.45, 2.75) is 44.2 Å². The first-order valence-electron chi connectivity index (χ1n) is 9.31. The number of nitrogens with zero attached hydrogens (tertiary/aromatic N) is 2. The molecule has 33 heavy (non-hydrogen) atoms. The molecule has 0 radical (unpaired) electrons. The van der Waals surface area contributed by atoms with Crippen LogP contribution in [0.4, 0.5) is 36.6 Å². The summed E-state index contributed by atoms with van der Waals surface area (Å²) in [5.41, 5.74) is 1.34. The predicted octanol–water partition coefficient (Wildman–Crippen LogP) is 4.22. The quantitative estimate of drug-likeness (QED) is 0.495. The van der Waals surface area contributed by atoms with Gasteiger partial charge in [0.25, 0.3) is 5.91 Å². The molecule has 14 heteroatoms. The Morgan fingerprint density at radius 1 is 1.09 bits per heavy atom. The third-order valence-corrected chi connectivity index (χ3v) is 4.77. The molecule has 0 aromatic carbocycles. The SMILES string of the molecule is Cc1c(C(=O)Nc2ccccn2)oc2c1/C(=N/NC(=O)C(F)(F)C(F)(F)C(F)(F)F)CCC2. The monoisotopic (exact) mass is 480 g/mol. The lowest BCUT2D eigenvalue weighted by atomic mass is 9.93. The molecular formula is C19H15F7N4O3. The smallest absolute Gasteiger partial charge is 0.455 e. The van der Waals surface area contributed by atoms with Crippen LogP contribution < -0.4 is 10.7 Å². The summed E-state index contributed by atoms with van der Waals surface area (Å²) < 4.78 is 95.4. The largest absolute Gasteiger partial charge is 0.460 e. The first kappa shape index (κ1) is 24.2. The van der Waals surface area contributed by atoms with Crippen LogP contribution in [0.5, 0.6) is 0 Å². The molecule has 0 bridgehead atoms. The van der Waals surface area contributed by atoms with E-state index >= 15 is 0 Å². The third-order valence-electron chi connectivity index (χ3n) is 4.77. The summed E-state index contributed by atoms with van der Waals surface area (Å²) in [6.45, 7) is 1.44. The number of hydrogen-bond donors (Lipinski definition) is 2. The molecule has 0 unspecified atom stereocenters. The van der Waals surface area contributed by atoms with Gasteiger partial charge in [0, 0.05) is 23.7 Å². The number of carbonyl (C=O) groups excluding carboxylic acids is 2. The van der Waals surface area contributed by atoms with Gasteiger partial charge < -0.3 is 9.73 Å². The molecule has 2 aromatic rings. The van der Waals surface area contributed by atoms with Gasteiger partial charge in [0.1, 0.15) is 11.6 Å². The number of fused-ring (bicyclic) bond motifs is 1. The van der Waals surface area contributed by atoms with Crippen LogP contribution in [-0.4, -0.2) is 40.5 Å². The van der Waals surface area contributed by atoms with Crippen LogP contribution >= 0.6 is 0 Å². The highest BCUT2D eigenvalue weighted by molar-refractivity contribution is 6.09. The molecule has 0 aliphatic heterocycles. The summed E-state index contributed by atoms with van der Waals surface area (Å²) in [6.07, 6.45) is -4.54. The zero-order valence-corrected chi connectivity index (χ0v) is 16.7. The van der Waals surface area contributed by atoms with Crippen molar-refractivity contribution in [3.8, 4) is 0 Å². The summed E-state index contributed by atoms with van der Waals surface area (Å²) in [6, 6.07) is 4.75. The van der Waals surface area contributed by atoms with Crippen molar-refractivity contribution < 1.29 is 44.7 Å². The van der Waals surface area contributed by atoms with Crippen molar-refractivity contribution >= 4 is 23.3 Å². The first-order chi connectivity index (χ1) is 15.3. The van der Waals surface area contributed by atoms with Gasteiger partial charge in [0.2, 0.25) is 0 Å². The number of pyridine rings is 1. The number of rotatable bonds is 5. The molecule has 178 valence electrons. The fourth-order valence-corrected chi connectivity index (χ4v) is 3.12. The van der Waals surface area contributed by atoms with E-state index in [1.165, 1.54) is 19.2 Å². The van der Waals surface area contributed by atoms with Crippen molar-refractivity contribution in [1.29, 1.82) is 0 Å². The van der Waals surface area contributed by atoms with Crippen LogP contribution in [0.15, 0.2) is 33.9 Å². The molecule has 3 rings (SSSR count). The number of anilines is 1. The minimum absolute atomic E-state index is 0.0518. The molecule has 0 spiro atoms. The minimum Gasteiger partial charge on any atom is -0.455 e. The minimum atomic E-state index is -6.66. The standard InChI is InChI=1S/C19H15F7N4O3/c1-9-13-10(29-30-16(32)17(20,21)18(22,23)19(24,25)26)5-4-6-11(13)33-14(9)15(31)28-12-7-2-3-8-27-12/h2-3,7-8H,4-6H2,1H3,(H,30,32)(H,27,28,31)/b29-10+. The molecule has 2 amide bonds. The van der Waals surface area contributed by atoms with Gasteiger partial charge in [-0.3, -0.25) is 9.59 Å². The summed E-state index contributed by atoms with van der Waals surface area (Å²) in [4.78, 5) is 27.9. The average molecular weight is 480 g/mol. The molecule has 1 aliphatic rings. The molecule has 0 atom stereocenters. The van der Waals surface area contributed by atoms with Gasteiger partial charge in [0.05, 0.1) is 5.71 Å². The summed E-state index contributed by atoms with van der Waals surface area (Å²) in [5, 5.41) is 5.82. The number of alkyl halides is 7. The van der Waals surface area contributed by atoms with Crippen LogP contribution in [0.2, 0.25) is 0 Å². The molecule has 0 saturated heterocycles. The highest BCUT2D eigenvalue weighted by Gasteiger charge is 2.76. The highest BCUT2D eigenvalue weighted by Crippen LogP contribution is 2.46. The van der Waals surface area contributed by atoms with E-state index in [0.29, 0.717) is 12.8 Å². The number of carbonyl (C=O) groups is 2. The summed E-state index contributed by atoms with van der Waals surface area (Å²) in [5.74, 6) is -16.1. The van der Waals surface area contributed by atoms with Crippen LogP contribution in [0.25, 0.3) is 0 Å². The van der Waals surface area contributed by atoms with Gasteiger partial charge in [-0.1, -0.05) is 6.07 Å². The van der Waals surface area contributed by atoms with E-state index < -0.39 is 29.8 Å². The molecule has 2 aromatic heterocycles. The van der Waals surface area contributed by atoms with Gasteiger partial charge in [-0.15, -0.1) is 0 Å². The summed E-state index contributed by atoms with van der Waals surface area (Å²) in [7, 11) is 0. The lowest BCUT2D eigenvalue weighted by Gasteiger charge is -2.26. The van der Waals surface area contributed by atoms with Crippen molar-refractivity contribution in [1.82, 2.24) is 10.4 Å². The van der Waals surface area contributed by atoms with Crippen molar-refractivity contribution in [2.24, 2.45) is 5.10 Å². The zero-order valence-electron chi connectivity index (χ0n) is 16.7. The Morgan fingerprint density at radius 3 is 2.39 bits per heavy atom. The number of nitrogens with one attached hydrogen (secondary N) is 2. The van der Waals surface area contributed by atoms with E-state index in [-0.39, 0.29) is 40.6 Å². The van der Waals surface area contributed by atoms with Gasteiger partial charge in [-0.2, -0.15) is 35.8 Å². The Kier molecular flexibility index (Phi) is 6.22. The van der Waals surface area contributed by atoms with Gasteiger partial charge in [0.15, 0.2) is 5.76 Å². The second kappa shape index (κ2) is 8.48. The van der Waals surface area contributed by atoms with Crippen LogP contribution in [0.3, 0.4) is 0 Å². The predicted molar refractivity (Wildman–Crippen MR) is 99.2 cm³/mol. The number of halogens is 7. The number of aryl methyl sites for hydroxylation is 1. The molecule has 2 heterocycles. The van der Waals surface area contributed by atoms with Gasteiger partial charge in [-0.05, 0) is 31.9 Å². The lowest BCUT2D eigenvalue weighted by molar-refractivity contribution is -0.344. The maximum Gasteiger partial charge on any atom is 0.460 e. The lowest BCUT2D eigenvalue weighted by Crippen LogP contribution is -2.58. The number of hydrazone groups is 1.